The Bertz CT molecular complexity index is 114. The van der Waals surface area contributed by atoms with E-state index in [0.717, 1.165) is 0 Å². The topological polar surface area (TPSA) is 61.3 Å². The second-order valence-electron chi connectivity index (χ2n) is 1.50. The molecule has 0 radical (unpaired) electrons. The van der Waals surface area contributed by atoms with Gasteiger partial charge in [0.2, 0.25) is 0 Å². The van der Waals surface area contributed by atoms with Gasteiger partial charge in [-0.3, -0.25) is 0 Å². The number of esters is 1. The van der Waals surface area contributed by atoms with E-state index in [9.17, 15) is 4.79 Å². The fourth-order valence-corrected chi connectivity index (χ4v) is 0.254. The van der Waals surface area contributed by atoms with Gasteiger partial charge in [0.05, 0.1) is 6.61 Å². The molecule has 0 aromatic heterocycles. The van der Waals surface area contributed by atoms with Crippen molar-refractivity contribution in [3.05, 3.63) is 12.2 Å². The molecule has 4 heteroatoms. The van der Waals surface area contributed by atoms with Crippen molar-refractivity contribution in [2.75, 3.05) is 6.61 Å². The molecule has 0 heterocycles. The third kappa shape index (κ3) is 7.46. The summed E-state index contributed by atoms with van der Waals surface area (Å²) < 4.78 is 4.56. The molecule has 0 amide bonds. The largest absolute Gasteiger partial charge is 0.463 e. The number of hydrogen-bond donors (Lipinski definition) is 1. The standard InChI is InChI=1S/C6H10O2.ClH.H3N/c1-4-8-6(7)5(2)3;;/h2,4H2,1,3H3;1H;1H3. The number of hydrogen-bond acceptors (Lipinski definition) is 3. The van der Waals surface area contributed by atoms with Crippen LogP contribution in [0.1, 0.15) is 13.8 Å². The van der Waals surface area contributed by atoms with Crippen molar-refractivity contribution >= 4 is 18.4 Å². The molecule has 0 aliphatic rings. The maximum Gasteiger partial charge on any atom is 0.333 e. The van der Waals surface area contributed by atoms with Gasteiger partial charge in [-0.1, -0.05) is 6.58 Å². The molecule has 0 aromatic rings. The van der Waals surface area contributed by atoms with Gasteiger partial charge in [-0.25, -0.2) is 4.79 Å². The molecule has 3 nitrogen and oxygen atoms in total. The highest BCUT2D eigenvalue weighted by molar-refractivity contribution is 5.86. The minimum atomic E-state index is -0.312. The van der Waals surface area contributed by atoms with Crippen LogP contribution in [0.4, 0.5) is 0 Å². The van der Waals surface area contributed by atoms with Crippen LogP contribution in [0, 0.1) is 0 Å². The van der Waals surface area contributed by atoms with Gasteiger partial charge >= 0.3 is 5.97 Å². The molecule has 0 fully saturated rings. The number of carbonyl (C=O) groups excluding carboxylic acids is 1. The van der Waals surface area contributed by atoms with Crippen LogP contribution in [0.3, 0.4) is 0 Å². The highest BCUT2D eigenvalue weighted by Gasteiger charge is 1.98. The zero-order valence-electron chi connectivity index (χ0n) is 6.35. The van der Waals surface area contributed by atoms with E-state index < -0.39 is 0 Å². The van der Waals surface area contributed by atoms with Crippen LogP contribution >= 0.6 is 12.4 Å². The lowest BCUT2D eigenvalue weighted by molar-refractivity contribution is -0.138. The van der Waals surface area contributed by atoms with E-state index in [-0.39, 0.29) is 24.5 Å². The van der Waals surface area contributed by atoms with Crippen molar-refractivity contribution in [3.63, 3.8) is 0 Å². The highest BCUT2D eigenvalue weighted by Crippen LogP contribution is 1.89. The Labute approximate surface area is 67.4 Å². The maximum absolute atomic E-state index is 10.4. The zero-order chi connectivity index (χ0) is 6.57. The molecule has 3 N–H and O–H groups in total. The molecule has 0 bridgehead atoms. The van der Waals surface area contributed by atoms with Crippen LogP contribution in [0.2, 0.25) is 0 Å². The summed E-state index contributed by atoms with van der Waals surface area (Å²) in [6.07, 6.45) is 0. The first-order valence-corrected chi connectivity index (χ1v) is 2.51. The van der Waals surface area contributed by atoms with Crippen LogP contribution in [0.15, 0.2) is 12.2 Å². The summed E-state index contributed by atoms with van der Waals surface area (Å²) in [5.74, 6) is -0.312. The van der Waals surface area contributed by atoms with Gasteiger partial charge in [0.15, 0.2) is 0 Å². The second-order valence-corrected chi connectivity index (χ2v) is 1.50. The molecule has 62 valence electrons. The van der Waals surface area contributed by atoms with Crippen molar-refractivity contribution in [3.8, 4) is 0 Å². The summed E-state index contributed by atoms with van der Waals surface area (Å²) in [6.45, 7) is 7.21. The van der Waals surface area contributed by atoms with Crippen LogP contribution in [0.5, 0.6) is 0 Å². The number of halogens is 1. The van der Waals surface area contributed by atoms with Crippen LogP contribution in [-0.2, 0) is 9.53 Å². The van der Waals surface area contributed by atoms with Gasteiger partial charge in [0, 0.05) is 5.57 Å². The third-order valence-corrected chi connectivity index (χ3v) is 0.624. The van der Waals surface area contributed by atoms with Crippen molar-refractivity contribution in [2.24, 2.45) is 0 Å². The van der Waals surface area contributed by atoms with E-state index >= 15 is 0 Å². The Balaban J connectivity index is -0.000000245. The summed E-state index contributed by atoms with van der Waals surface area (Å²) in [6, 6.07) is 0. The van der Waals surface area contributed by atoms with E-state index in [4.69, 9.17) is 0 Å². The lowest BCUT2D eigenvalue weighted by Gasteiger charge is -1.96. The molecule has 0 saturated heterocycles. The average molecular weight is 168 g/mol. The third-order valence-electron chi connectivity index (χ3n) is 0.624. The lowest BCUT2D eigenvalue weighted by atomic mass is 10.4. The van der Waals surface area contributed by atoms with Crippen molar-refractivity contribution in [1.82, 2.24) is 6.15 Å². The minimum Gasteiger partial charge on any atom is -0.463 e. The summed E-state index contributed by atoms with van der Waals surface area (Å²) in [4.78, 5) is 10.4. The van der Waals surface area contributed by atoms with Crippen molar-refractivity contribution in [1.29, 1.82) is 0 Å². The zero-order valence-corrected chi connectivity index (χ0v) is 7.16. The van der Waals surface area contributed by atoms with Gasteiger partial charge in [-0.15, -0.1) is 12.4 Å². The summed E-state index contributed by atoms with van der Waals surface area (Å²) in [5.41, 5.74) is 0.451. The van der Waals surface area contributed by atoms with Gasteiger partial charge in [-0.2, -0.15) is 0 Å². The van der Waals surface area contributed by atoms with E-state index in [2.05, 4.69) is 11.3 Å². The second kappa shape index (κ2) is 8.46. The first kappa shape index (κ1) is 16.2. The molecule has 0 aromatic carbocycles. The summed E-state index contributed by atoms with van der Waals surface area (Å²) in [5, 5.41) is 0. The Morgan fingerprint density at radius 2 is 2.00 bits per heavy atom. The Hall–Kier alpha value is -0.540. The molecule has 0 aliphatic heterocycles. The molecule has 10 heavy (non-hydrogen) atoms. The SMILES string of the molecule is C=C(C)C(=O)OCC.Cl.N. The smallest absolute Gasteiger partial charge is 0.333 e. The predicted octanol–water partition coefficient (Wildman–Crippen LogP) is 1.71. The number of ether oxygens (including phenoxy) is 1. The Morgan fingerprint density at radius 3 is 2.10 bits per heavy atom. The van der Waals surface area contributed by atoms with Crippen molar-refractivity contribution < 1.29 is 9.53 Å². The minimum absolute atomic E-state index is 0. The number of carbonyl (C=O) groups is 1. The molecule has 0 saturated carbocycles. The quantitative estimate of drug-likeness (QED) is 0.503. The Morgan fingerprint density at radius 1 is 1.60 bits per heavy atom. The summed E-state index contributed by atoms with van der Waals surface area (Å²) >= 11 is 0. The first-order valence-electron chi connectivity index (χ1n) is 2.51. The molecular weight excluding hydrogens is 154 g/mol. The monoisotopic (exact) mass is 167 g/mol. The number of rotatable bonds is 2. The molecule has 0 aliphatic carbocycles. The van der Waals surface area contributed by atoms with E-state index in [1.165, 1.54) is 0 Å². The first-order chi connectivity index (χ1) is 3.68. The molecule has 0 unspecified atom stereocenters. The van der Waals surface area contributed by atoms with Crippen LogP contribution < -0.4 is 6.15 Å². The summed E-state index contributed by atoms with van der Waals surface area (Å²) in [7, 11) is 0. The lowest BCUT2D eigenvalue weighted by Crippen LogP contribution is -2.03. The highest BCUT2D eigenvalue weighted by atomic mass is 35.5. The molecular formula is C6H14ClNO2. The average Bonchev–Trinajstić information content (AvgIpc) is 1.67. The van der Waals surface area contributed by atoms with E-state index in [1.54, 1.807) is 13.8 Å². The van der Waals surface area contributed by atoms with Gasteiger partial charge in [-0.05, 0) is 13.8 Å². The van der Waals surface area contributed by atoms with E-state index in [1.807, 2.05) is 0 Å². The molecule has 0 rings (SSSR count). The predicted molar refractivity (Wildman–Crippen MR) is 43.7 cm³/mol. The van der Waals surface area contributed by atoms with Gasteiger partial charge in [0.1, 0.15) is 0 Å². The van der Waals surface area contributed by atoms with Crippen LogP contribution in [-0.4, -0.2) is 12.6 Å². The van der Waals surface area contributed by atoms with Gasteiger partial charge < -0.3 is 10.9 Å². The normalized spacial score (nSPS) is 6.60. The Kier molecular flexibility index (Phi) is 13.7. The maximum atomic E-state index is 10.4. The molecule has 0 spiro atoms. The van der Waals surface area contributed by atoms with Gasteiger partial charge in [0.25, 0.3) is 0 Å². The van der Waals surface area contributed by atoms with Crippen LogP contribution in [0.25, 0.3) is 0 Å². The fourth-order valence-electron chi connectivity index (χ4n) is 0.254. The fraction of sp³-hybridized carbons (Fsp3) is 0.500. The van der Waals surface area contributed by atoms with Crippen molar-refractivity contribution in [2.45, 2.75) is 13.8 Å². The van der Waals surface area contributed by atoms with E-state index in [0.29, 0.717) is 12.2 Å². The molecule has 0 atom stereocenters.